The number of halogens is 4. The highest BCUT2D eigenvalue weighted by Gasteiger charge is 2.44. The van der Waals surface area contributed by atoms with Gasteiger partial charge in [-0.1, -0.05) is 23.7 Å². The molecule has 0 spiro atoms. The van der Waals surface area contributed by atoms with Crippen LogP contribution >= 0.6 is 11.6 Å². The molecule has 1 aliphatic rings. The third kappa shape index (κ3) is 4.80. The van der Waals surface area contributed by atoms with Crippen molar-refractivity contribution in [2.75, 3.05) is 20.1 Å². The monoisotopic (exact) mass is 333 g/mol. The van der Waals surface area contributed by atoms with Gasteiger partial charge in [0.1, 0.15) is 0 Å². The van der Waals surface area contributed by atoms with E-state index in [1.54, 1.807) is 7.05 Å². The van der Waals surface area contributed by atoms with Crippen molar-refractivity contribution in [3.8, 4) is 0 Å². The van der Waals surface area contributed by atoms with Gasteiger partial charge in [0.25, 0.3) is 0 Å². The Bertz CT molecular complexity index is 539. The van der Waals surface area contributed by atoms with Crippen molar-refractivity contribution in [3.05, 3.63) is 34.9 Å². The van der Waals surface area contributed by atoms with Gasteiger partial charge in [-0.3, -0.25) is 4.99 Å². The quantitative estimate of drug-likeness (QED) is 0.639. The van der Waals surface area contributed by atoms with Crippen LogP contribution in [0.2, 0.25) is 5.02 Å². The molecule has 1 aromatic carbocycles. The number of hydrogen-bond acceptors (Lipinski definition) is 1. The minimum Gasteiger partial charge on any atom is -0.356 e. The first-order chi connectivity index (χ1) is 10.3. The molecule has 0 heterocycles. The zero-order valence-corrected chi connectivity index (χ0v) is 13.1. The Kier molecular flexibility index (Phi) is 5.21. The van der Waals surface area contributed by atoms with Crippen molar-refractivity contribution in [3.63, 3.8) is 0 Å². The Morgan fingerprint density at radius 2 is 2.05 bits per heavy atom. The van der Waals surface area contributed by atoms with Gasteiger partial charge in [0.05, 0.1) is 6.42 Å². The van der Waals surface area contributed by atoms with Gasteiger partial charge in [0, 0.05) is 30.6 Å². The van der Waals surface area contributed by atoms with Crippen LogP contribution < -0.4 is 10.6 Å². The fourth-order valence-electron chi connectivity index (χ4n) is 2.33. The first kappa shape index (κ1) is 16.9. The van der Waals surface area contributed by atoms with E-state index in [0.29, 0.717) is 17.5 Å². The molecular formula is C15H19ClF3N3. The summed E-state index contributed by atoms with van der Waals surface area (Å²) in [7, 11) is 1.54. The van der Waals surface area contributed by atoms with E-state index in [-0.39, 0.29) is 12.0 Å². The first-order valence-corrected chi connectivity index (χ1v) is 7.50. The van der Waals surface area contributed by atoms with Gasteiger partial charge >= 0.3 is 6.18 Å². The lowest BCUT2D eigenvalue weighted by molar-refractivity contribution is -0.132. The van der Waals surface area contributed by atoms with Crippen LogP contribution in [0, 0.1) is 0 Å². The third-order valence-corrected chi connectivity index (χ3v) is 4.04. The fraction of sp³-hybridized carbons (Fsp3) is 0.533. The molecule has 2 rings (SSSR count). The van der Waals surface area contributed by atoms with Crippen LogP contribution in [0.25, 0.3) is 0 Å². The molecular weight excluding hydrogens is 315 g/mol. The molecule has 0 saturated heterocycles. The van der Waals surface area contributed by atoms with Gasteiger partial charge in [-0.15, -0.1) is 0 Å². The Balaban J connectivity index is 1.86. The van der Waals surface area contributed by atoms with E-state index < -0.39 is 12.6 Å². The molecule has 7 heteroatoms. The van der Waals surface area contributed by atoms with Gasteiger partial charge in [-0.25, -0.2) is 0 Å². The molecule has 0 aromatic heterocycles. The summed E-state index contributed by atoms with van der Waals surface area (Å²) in [5.74, 6) is 0.387. The minimum absolute atomic E-state index is 0.00650. The van der Waals surface area contributed by atoms with Crippen molar-refractivity contribution in [1.82, 2.24) is 10.6 Å². The van der Waals surface area contributed by atoms with Crippen molar-refractivity contribution in [1.29, 1.82) is 0 Å². The molecule has 1 aromatic rings. The van der Waals surface area contributed by atoms with E-state index in [2.05, 4.69) is 15.6 Å². The number of nitrogens with one attached hydrogen (secondary N) is 2. The Morgan fingerprint density at radius 1 is 1.32 bits per heavy atom. The summed E-state index contributed by atoms with van der Waals surface area (Å²) in [5, 5.41) is 6.48. The lowest BCUT2D eigenvalue weighted by Crippen LogP contribution is -2.42. The molecule has 22 heavy (non-hydrogen) atoms. The van der Waals surface area contributed by atoms with Crippen LogP contribution in [0.4, 0.5) is 13.2 Å². The highest BCUT2D eigenvalue weighted by Crippen LogP contribution is 2.48. The van der Waals surface area contributed by atoms with Crippen LogP contribution in [-0.4, -0.2) is 32.3 Å². The van der Waals surface area contributed by atoms with E-state index >= 15 is 0 Å². The van der Waals surface area contributed by atoms with E-state index in [4.69, 9.17) is 11.6 Å². The van der Waals surface area contributed by atoms with Gasteiger partial charge in [-0.2, -0.15) is 13.2 Å². The number of rotatable bonds is 5. The second-order valence-corrected chi connectivity index (χ2v) is 5.94. The molecule has 0 bridgehead atoms. The maximum absolute atomic E-state index is 12.1. The average Bonchev–Trinajstić information content (AvgIpc) is 3.22. The van der Waals surface area contributed by atoms with Crippen LogP contribution in [-0.2, 0) is 5.41 Å². The molecule has 3 nitrogen and oxygen atoms in total. The minimum atomic E-state index is -4.16. The molecule has 122 valence electrons. The molecule has 0 amide bonds. The smallest absolute Gasteiger partial charge is 0.356 e. The predicted molar refractivity (Wildman–Crippen MR) is 82.4 cm³/mol. The summed E-state index contributed by atoms with van der Waals surface area (Å²) in [6.45, 7) is 0.437. The fourth-order valence-corrected chi connectivity index (χ4v) is 2.52. The maximum Gasteiger partial charge on any atom is 0.390 e. The number of nitrogens with zero attached hydrogens (tertiary/aromatic N) is 1. The molecule has 1 aliphatic carbocycles. The second kappa shape index (κ2) is 6.77. The van der Waals surface area contributed by atoms with Crippen molar-refractivity contribution >= 4 is 17.6 Å². The highest BCUT2D eigenvalue weighted by atomic mass is 35.5. The summed E-state index contributed by atoms with van der Waals surface area (Å²) in [6.07, 6.45) is -2.99. The van der Waals surface area contributed by atoms with E-state index in [1.807, 2.05) is 24.3 Å². The normalized spacial score (nSPS) is 17.2. The first-order valence-electron chi connectivity index (χ1n) is 7.12. The second-order valence-electron chi connectivity index (χ2n) is 5.51. The highest BCUT2D eigenvalue weighted by molar-refractivity contribution is 6.30. The lowest BCUT2D eigenvalue weighted by atomic mass is 9.96. The molecule has 2 N–H and O–H groups in total. The molecule has 0 unspecified atom stereocenters. The number of hydrogen-bond donors (Lipinski definition) is 2. The zero-order valence-electron chi connectivity index (χ0n) is 12.3. The molecule has 0 radical (unpaired) electrons. The van der Waals surface area contributed by atoms with Gasteiger partial charge in [-0.05, 0) is 30.5 Å². The molecule has 0 aliphatic heterocycles. The predicted octanol–water partition coefficient (Wildman–Crippen LogP) is 3.49. The van der Waals surface area contributed by atoms with Crippen LogP contribution in [0.3, 0.4) is 0 Å². The lowest BCUT2D eigenvalue weighted by Gasteiger charge is -2.19. The van der Waals surface area contributed by atoms with Crippen molar-refractivity contribution in [2.24, 2.45) is 4.99 Å². The van der Waals surface area contributed by atoms with Gasteiger partial charge in [0.2, 0.25) is 0 Å². The Hall–Kier alpha value is -1.43. The topological polar surface area (TPSA) is 36.4 Å². The third-order valence-electron chi connectivity index (χ3n) is 3.81. The van der Waals surface area contributed by atoms with Crippen LogP contribution in [0.1, 0.15) is 24.8 Å². The molecule has 1 fully saturated rings. The largest absolute Gasteiger partial charge is 0.390 e. The van der Waals surface area contributed by atoms with Crippen molar-refractivity contribution < 1.29 is 13.2 Å². The standard InChI is InChI=1S/C15H19ClF3N3/c1-20-13(21-8-7-15(17,18)19)22-10-14(5-6-14)11-3-2-4-12(16)9-11/h2-4,9H,5-8,10H2,1H3,(H2,20,21,22). The number of alkyl halides is 3. The maximum atomic E-state index is 12.1. The number of guanidine groups is 1. The van der Waals surface area contributed by atoms with Crippen LogP contribution in [0.15, 0.2) is 29.3 Å². The molecule has 1 saturated carbocycles. The summed E-state index contributed by atoms with van der Waals surface area (Å²) < 4.78 is 36.4. The summed E-state index contributed by atoms with van der Waals surface area (Å²) in [4.78, 5) is 3.95. The van der Waals surface area contributed by atoms with Gasteiger partial charge < -0.3 is 10.6 Å². The van der Waals surface area contributed by atoms with Gasteiger partial charge in [0.15, 0.2) is 5.96 Å². The SMILES string of the molecule is CN=C(NCCC(F)(F)F)NCC1(c2cccc(Cl)c2)CC1. The Morgan fingerprint density at radius 3 is 2.59 bits per heavy atom. The Labute approximate surface area is 133 Å². The van der Waals surface area contributed by atoms with E-state index in [1.165, 1.54) is 0 Å². The number of aliphatic imine (C=N–C) groups is 1. The summed E-state index contributed by atoms with van der Waals surface area (Å²) in [5.41, 5.74) is 1.16. The average molecular weight is 334 g/mol. The zero-order chi connectivity index (χ0) is 16.2. The summed E-state index contributed by atoms with van der Waals surface area (Å²) in [6, 6.07) is 7.71. The van der Waals surface area contributed by atoms with E-state index in [0.717, 1.165) is 18.4 Å². The van der Waals surface area contributed by atoms with Crippen molar-refractivity contribution in [2.45, 2.75) is 30.9 Å². The number of benzene rings is 1. The van der Waals surface area contributed by atoms with Crippen LogP contribution in [0.5, 0.6) is 0 Å². The molecule has 0 atom stereocenters. The van der Waals surface area contributed by atoms with E-state index in [9.17, 15) is 13.2 Å². The summed E-state index contributed by atoms with van der Waals surface area (Å²) >= 11 is 6.02.